The van der Waals surface area contributed by atoms with Crippen molar-refractivity contribution in [3.63, 3.8) is 0 Å². The van der Waals surface area contributed by atoms with Gasteiger partial charge in [0.15, 0.2) is 6.61 Å². The Morgan fingerprint density at radius 2 is 1.95 bits per heavy atom. The maximum atomic E-state index is 11.7. The number of rotatable bonds is 7. The number of benzene rings is 1. The number of oxime groups is 1. The fraction of sp³-hybridized carbons (Fsp3) is 0.467. The highest BCUT2D eigenvalue weighted by Gasteiger charge is 2.10. The number of amidine groups is 1. The van der Waals surface area contributed by atoms with Crippen molar-refractivity contribution in [1.29, 1.82) is 0 Å². The molecule has 1 aromatic rings. The average Bonchev–Trinajstić information content (AvgIpc) is 2.38. The fourth-order valence-electron chi connectivity index (χ4n) is 1.75. The van der Waals surface area contributed by atoms with Gasteiger partial charge < -0.3 is 15.9 Å². The van der Waals surface area contributed by atoms with Gasteiger partial charge in [0.05, 0.1) is 6.04 Å². The summed E-state index contributed by atoms with van der Waals surface area (Å²) in [6.45, 7) is 5.79. The van der Waals surface area contributed by atoms with Crippen LogP contribution in [0.15, 0.2) is 29.4 Å². The van der Waals surface area contributed by atoms with E-state index in [1.54, 1.807) is 12.1 Å². The van der Waals surface area contributed by atoms with E-state index in [-0.39, 0.29) is 18.6 Å². The first-order chi connectivity index (χ1) is 9.88. The van der Waals surface area contributed by atoms with Crippen LogP contribution in [-0.2, 0) is 9.63 Å². The number of nitrogens with one attached hydrogen (secondary N) is 1. The van der Waals surface area contributed by atoms with Crippen molar-refractivity contribution >= 4 is 23.3 Å². The first kappa shape index (κ1) is 17.3. The minimum Gasteiger partial charge on any atom is -0.384 e. The number of halogens is 1. The maximum absolute atomic E-state index is 11.7. The molecule has 0 saturated heterocycles. The predicted octanol–water partition coefficient (Wildman–Crippen LogP) is 2.85. The highest BCUT2D eigenvalue weighted by atomic mass is 35.5. The van der Waals surface area contributed by atoms with Gasteiger partial charge in [-0.3, -0.25) is 4.79 Å². The van der Waals surface area contributed by atoms with E-state index < -0.39 is 0 Å². The van der Waals surface area contributed by atoms with E-state index in [9.17, 15) is 4.79 Å². The summed E-state index contributed by atoms with van der Waals surface area (Å²) >= 11 is 5.82. The van der Waals surface area contributed by atoms with Gasteiger partial charge in [0.2, 0.25) is 0 Å². The molecule has 0 saturated carbocycles. The summed E-state index contributed by atoms with van der Waals surface area (Å²) in [5.41, 5.74) is 6.62. The number of amides is 1. The van der Waals surface area contributed by atoms with Crippen LogP contribution in [0.1, 0.15) is 38.8 Å². The second-order valence-electron chi connectivity index (χ2n) is 5.29. The largest absolute Gasteiger partial charge is 0.384 e. The van der Waals surface area contributed by atoms with Crippen molar-refractivity contribution in [3.05, 3.63) is 34.9 Å². The molecule has 0 aromatic heterocycles. The summed E-state index contributed by atoms with van der Waals surface area (Å²) in [7, 11) is 0. The molecule has 5 nitrogen and oxygen atoms in total. The van der Waals surface area contributed by atoms with Gasteiger partial charge in [-0.05, 0) is 30.5 Å². The van der Waals surface area contributed by atoms with E-state index in [4.69, 9.17) is 22.2 Å². The van der Waals surface area contributed by atoms with E-state index >= 15 is 0 Å². The fourth-order valence-corrected chi connectivity index (χ4v) is 1.87. The number of nitrogens with zero attached hydrogens (tertiary/aromatic N) is 1. The molecule has 21 heavy (non-hydrogen) atoms. The monoisotopic (exact) mass is 311 g/mol. The summed E-state index contributed by atoms with van der Waals surface area (Å²) < 4.78 is 0. The molecule has 1 aromatic carbocycles. The van der Waals surface area contributed by atoms with Crippen LogP contribution in [0.3, 0.4) is 0 Å². The third kappa shape index (κ3) is 6.99. The minimum absolute atomic E-state index is 0.129. The molecule has 0 aliphatic carbocycles. The standard InChI is InChI=1S/C15H22ClN3O2/c1-10(2)8-14(17)19-21-9-15(20)18-11(3)12-4-6-13(16)7-5-12/h4-7,10-11H,8-9H2,1-3H3,(H2,17,19)(H,18,20). The molecule has 3 N–H and O–H groups in total. The Bertz CT molecular complexity index is 486. The second-order valence-corrected chi connectivity index (χ2v) is 5.73. The van der Waals surface area contributed by atoms with Crippen LogP contribution in [0.2, 0.25) is 5.02 Å². The summed E-state index contributed by atoms with van der Waals surface area (Å²) in [4.78, 5) is 16.7. The van der Waals surface area contributed by atoms with E-state index in [0.29, 0.717) is 23.2 Å². The topological polar surface area (TPSA) is 76.7 Å². The van der Waals surface area contributed by atoms with Gasteiger partial charge in [-0.15, -0.1) is 0 Å². The molecule has 1 unspecified atom stereocenters. The van der Waals surface area contributed by atoms with Crippen molar-refractivity contribution < 1.29 is 9.63 Å². The molecule has 0 radical (unpaired) electrons. The number of nitrogens with two attached hydrogens (primary N) is 1. The quantitative estimate of drug-likeness (QED) is 0.462. The Kier molecular flexibility index (Phi) is 7.02. The minimum atomic E-state index is -0.251. The van der Waals surface area contributed by atoms with Gasteiger partial charge in [-0.25, -0.2) is 0 Å². The Hall–Kier alpha value is -1.75. The first-order valence-electron chi connectivity index (χ1n) is 6.87. The molecule has 0 fully saturated rings. The van der Waals surface area contributed by atoms with Crippen LogP contribution in [0.4, 0.5) is 0 Å². The zero-order valence-corrected chi connectivity index (χ0v) is 13.4. The van der Waals surface area contributed by atoms with Gasteiger partial charge in [0.25, 0.3) is 5.91 Å². The zero-order chi connectivity index (χ0) is 15.8. The molecule has 1 amide bonds. The zero-order valence-electron chi connectivity index (χ0n) is 12.6. The van der Waals surface area contributed by atoms with Crippen molar-refractivity contribution in [3.8, 4) is 0 Å². The van der Waals surface area contributed by atoms with Crippen molar-refractivity contribution in [1.82, 2.24) is 5.32 Å². The summed E-state index contributed by atoms with van der Waals surface area (Å²) in [6, 6.07) is 7.18. The molecule has 116 valence electrons. The van der Waals surface area contributed by atoms with Crippen molar-refractivity contribution in [2.75, 3.05) is 6.61 Å². The Balaban J connectivity index is 2.38. The number of carbonyl (C=O) groups is 1. The highest BCUT2D eigenvalue weighted by molar-refractivity contribution is 6.30. The summed E-state index contributed by atoms with van der Waals surface area (Å²) in [5, 5.41) is 7.19. The highest BCUT2D eigenvalue weighted by Crippen LogP contribution is 2.15. The predicted molar refractivity (Wildman–Crippen MR) is 85.0 cm³/mol. The molecule has 1 atom stereocenters. The van der Waals surface area contributed by atoms with Gasteiger partial charge in [-0.1, -0.05) is 42.7 Å². The first-order valence-corrected chi connectivity index (χ1v) is 7.25. The normalized spacial score (nSPS) is 13.1. The molecular weight excluding hydrogens is 290 g/mol. The second kappa shape index (κ2) is 8.52. The lowest BCUT2D eigenvalue weighted by atomic mass is 10.1. The number of hydrogen-bond acceptors (Lipinski definition) is 3. The van der Waals surface area contributed by atoms with E-state index in [0.717, 1.165) is 5.56 Å². The summed E-state index contributed by atoms with van der Waals surface area (Å²) in [6.07, 6.45) is 0.642. The van der Waals surface area contributed by atoms with Gasteiger partial charge in [-0.2, -0.15) is 0 Å². The molecule has 0 aliphatic heterocycles. The molecule has 0 heterocycles. The van der Waals surface area contributed by atoms with E-state index in [2.05, 4.69) is 10.5 Å². The van der Waals surface area contributed by atoms with E-state index in [1.165, 1.54) is 0 Å². The van der Waals surface area contributed by atoms with Crippen LogP contribution in [-0.4, -0.2) is 18.3 Å². The third-order valence-electron chi connectivity index (χ3n) is 2.74. The SMILES string of the molecule is CC(C)CC(N)=NOCC(=O)NC(C)c1ccc(Cl)cc1. The molecule has 6 heteroatoms. The maximum Gasteiger partial charge on any atom is 0.261 e. The molecule has 0 spiro atoms. The Labute approximate surface area is 130 Å². The van der Waals surface area contributed by atoms with Crippen molar-refractivity contribution in [2.24, 2.45) is 16.8 Å². The Morgan fingerprint density at radius 3 is 2.52 bits per heavy atom. The van der Waals surface area contributed by atoms with Crippen molar-refractivity contribution in [2.45, 2.75) is 33.2 Å². The lowest BCUT2D eigenvalue weighted by molar-refractivity contribution is -0.126. The number of hydrogen-bond donors (Lipinski definition) is 2. The third-order valence-corrected chi connectivity index (χ3v) is 2.99. The molecule has 0 bridgehead atoms. The Morgan fingerprint density at radius 1 is 1.33 bits per heavy atom. The van der Waals surface area contributed by atoms with Crippen LogP contribution in [0.5, 0.6) is 0 Å². The smallest absolute Gasteiger partial charge is 0.261 e. The average molecular weight is 312 g/mol. The van der Waals surface area contributed by atoms with Crippen LogP contribution < -0.4 is 11.1 Å². The summed E-state index contributed by atoms with van der Waals surface area (Å²) in [5.74, 6) is 0.540. The van der Waals surface area contributed by atoms with E-state index in [1.807, 2.05) is 32.9 Å². The molecule has 0 aliphatic rings. The number of carbonyl (C=O) groups excluding carboxylic acids is 1. The lowest BCUT2D eigenvalue weighted by Crippen LogP contribution is -2.30. The van der Waals surface area contributed by atoms with Crippen LogP contribution >= 0.6 is 11.6 Å². The van der Waals surface area contributed by atoms with Gasteiger partial charge in [0.1, 0.15) is 5.84 Å². The lowest BCUT2D eigenvalue weighted by Gasteiger charge is -2.14. The van der Waals surface area contributed by atoms with Crippen LogP contribution in [0.25, 0.3) is 0 Å². The van der Waals surface area contributed by atoms with Gasteiger partial charge >= 0.3 is 0 Å². The van der Waals surface area contributed by atoms with Crippen LogP contribution in [0, 0.1) is 5.92 Å². The molecular formula is C15H22ClN3O2. The van der Waals surface area contributed by atoms with Gasteiger partial charge in [0, 0.05) is 11.4 Å². The molecule has 1 rings (SSSR count).